The van der Waals surface area contributed by atoms with Crippen LogP contribution in [0.5, 0.6) is 0 Å². The van der Waals surface area contributed by atoms with E-state index in [0.717, 1.165) is 5.69 Å². The van der Waals surface area contributed by atoms with Gasteiger partial charge in [0.05, 0.1) is 18.3 Å². The monoisotopic (exact) mass is 265 g/mol. The topological polar surface area (TPSA) is 58.4 Å². The third-order valence-corrected chi connectivity index (χ3v) is 3.80. The first-order chi connectivity index (χ1) is 9.06. The minimum Gasteiger partial charge on any atom is -0.480 e. The van der Waals surface area contributed by atoms with E-state index in [1.807, 2.05) is 31.0 Å². The lowest BCUT2D eigenvalue weighted by Gasteiger charge is -2.23. The van der Waals surface area contributed by atoms with Crippen LogP contribution in [-0.2, 0) is 11.3 Å². The van der Waals surface area contributed by atoms with Gasteiger partial charge in [0.15, 0.2) is 0 Å². The molecule has 1 aromatic rings. The number of rotatable bonds is 6. The summed E-state index contributed by atoms with van der Waals surface area (Å²) < 4.78 is 2.06. The van der Waals surface area contributed by atoms with Crippen molar-refractivity contribution < 1.29 is 9.90 Å². The number of aliphatic carboxylic acids is 1. The van der Waals surface area contributed by atoms with Crippen LogP contribution >= 0.6 is 0 Å². The van der Waals surface area contributed by atoms with Gasteiger partial charge in [0.1, 0.15) is 0 Å². The van der Waals surface area contributed by atoms with Crippen LogP contribution in [0, 0.1) is 0 Å². The maximum atomic E-state index is 10.9. The maximum absolute atomic E-state index is 10.9. The average Bonchev–Trinajstić information content (AvgIpc) is 2.97. The first-order valence-electron chi connectivity index (χ1n) is 7.06. The Hall–Kier alpha value is -1.36. The number of hydrogen-bond donors (Lipinski definition) is 1. The minimum absolute atomic E-state index is 0.0634. The molecule has 19 heavy (non-hydrogen) atoms. The minimum atomic E-state index is -0.788. The molecule has 0 atom stereocenters. The lowest BCUT2D eigenvalue weighted by molar-refractivity contribution is -0.139. The fraction of sp³-hybridized carbons (Fsp3) is 0.714. The summed E-state index contributed by atoms with van der Waals surface area (Å²) in [4.78, 5) is 12.8. The fourth-order valence-corrected chi connectivity index (χ4v) is 2.64. The predicted molar refractivity (Wildman–Crippen MR) is 72.9 cm³/mol. The number of carbonyl (C=O) groups is 1. The van der Waals surface area contributed by atoms with E-state index in [4.69, 9.17) is 5.11 Å². The van der Waals surface area contributed by atoms with Crippen molar-refractivity contribution in [3.05, 3.63) is 18.0 Å². The molecule has 0 spiro atoms. The number of nitrogens with zero attached hydrogens (tertiary/aromatic N) is 3. The predicted octanol–water partition coefficient (Wildman–Crippen LogP) is 2.29. The normalized spacial score (nSPS) is 16.6. The lowest BCUT2D eigenvalue weighted by atomic mass is 10.3. The van der Waals surface area contributed by atoms with Gasteiger partial charge in [-0.25, -0.2) is 0 Å². The molecule has 1 aliphatic carbocycles. The quantitative estimate of drug-likeness (QED) is 0.857. The first-order valence-corrected chi connectivity index (χ1v) is 7.06. The van der Waals surface area contributed by atoms with Gasteiger partial charge >= 0.3 is 5.97 Å². The summed E-state index contributed by atoms with van der Waals surface area (Å²) in [6, 6.07) is 2.75. The number of hydrogen-bond acceptors (Lipinski definition) is 3. The molecular weight excluding hydrogens is 242 g/mol. The second-order valence-electron chi connectivity index (χ2n) is 5.62. The number of carboxylic acids is 1. The van der Waals surface area contributed by atoms with E-state index >= 15 is 0 Å². The summed E-state index contributed by atoms with van der Waals surface area (Å²) in [5.74, 6) is -0.788. The molecule has 1 heterocycles. The van der Waals surface area contributed by atoms with Crippen molar-refractivity contribution in [2.45, 2.75) is 58.2 Å². The van der Waals surface area contributed by atoms with Crippen molar-refractivity contribution in [1.29, 1.82) is 0 Å². The van der Waals surface area contributed by atoms with Gasteiger partial charge in [-0.3, -0.25) is 14.4 Å². The van der Waals surface area contributed by atoms with Crippen molar-refractivity contribution in [3.63, 3.8) is 0 Å². The highest BCUT2D eigenvalue weighted by molar-refractivity contribution is 5.69. The van der Waals surface area contributed by atoms with Gasteiger partial charge in [-0.1, -0.05) is 12.8 Å². The number of carboxylic acid groups (broad SMARTS) is 1. The summed E-state index contributed by atoms with van der Waals surface area (Å²) >= 11 is 0. The molecule has 106 valence electrons. The molecule has 1 N–H and O–H groups in total. The summed E-state index contributed by atoms with van der Waals surface area (Å²) in [5.41, 5.74) is 0.960. The molecule has 0 amide bonds. The van der Waals surface area contributed by atoms with Gasteiger partial charge in [0.2, 0.25) is 0 Å². The highest BCUT2D eigenvalue weighted by atomic mass is 16.4. The highest BCUT2D eigenvalue weighted by Gasteiger charge is 2.19. The van der Waals surface area contributed by atoms with Crippen LogP contribution in [0.1, 0.15) is 51.3 Å². The third kappa shape index (κ3) is 3.80. The fourth-order valence-electron chi connectivity index (χ4n) is 2.64. The standard InChI is InChI=1S/C14H23N3O2/c1-11(2)16(10-14(18)19)9-12-7-8-17(15-12)13-5-3-4-6-13/h7-8,11,13H,3-6,9-10H2,1-2H3,(H,18,19). The molecular formula is C14H23N3O2. The van der Waals surface area contributed by atoms with Crippen molar-refractivity contribution in [2.75, 3.05) is 6.54 Å². The smallest absolute Gasteiger partial charge is 0.317 e. The van der Waals surface area contributed by atoms with E-state index < -0.39 is 5.97 Å². The Morgan fingerprint density at radius 1 is 1.53 bits per heavy atom. The van der Waals surface area contributed by atoms with Crippen LogP contribution in [0.3, 0.4) is 0 Å². The zero-order chi connectivity index (χ0) is 13.8. The van der Waals surface area contributed by atoms with Gasteiger partial charge in [0, 0.05) is 18.8 Å². The van der Waals surface area contributed by atoms with Gasteiger partial charge in [-0.2, -0.15) is 5.10 Å². The Morgan fingerprint density at radius 2 is 2.21 bits per heavy atom. The molecule has 0 unspecified atom stereocenters. The van der Waals surface area contributed by atoms with E-state index in [2.05, 4.69) is 9.78 Å². The molecule has 5 nitrogen and oxygen atoms in total. The van der Waals surface area contributed by atoms with Crippen LogP contribution in [-0.4, -0.2) is 38.3 Å². The molecule has 1 fully saturated rings. The molecule has 0 aromatic carbocycles. The first kappa shape index (κ1) is 14.1. The molecule has 0 saturated heterocycles. The zero-order valence-corrected chi connectivity index (χ0v) is 11.7. The Bertz CT molecular complexity index is 422. The Labute approximate surface area is 114 Å². The number of aromatic nitrogens is 2. The van der Waals surface area contributed by atoms with E-state index in [0.29, 0.717) is 12.6 Å². The molecule has 0 aliphatic heterocycles. The molecule has 1 saturated carbocycles. The average molecular weight is 265 g/mol. The summed E-state index contributed by atoms with van der Waals surface area (Å²) in [7, 11) is 0. The van der Waals surface area contributed by atoms with Crippen molar-refractivity contribution in [1.82, 2.24) is 14.7 Å². The summed E-state index contributed by atoms with van der Waals surface area (Å²) in [5, 5.41) is 13.5. The zero-order valence-electron chi connectivity index (χ0n) is 11.7. The van der Waals surface area contributed by atoms with Crippen molar-refractivity contribution in [2.24, 2.45) is 0 Å². The SMILES string of the molecule is CC(C)N(CC(=O)O)Cc1ccn(C2CCCC2)n1. The lowest BCUT2D eigenvalue weighted by Crippen LogP contribution is -2.35. The molecule has 1 aromatic heterocycles. The van der Waals surface area contributed by atoms with Gasteiger partial charge in [-0.15, -0.1) is 0 Å². The molecule has 2 rings (SSSR count). The summed E-state index contributed by atoms with van der Waals surface area (Å²) in [6.45, 7) is 4.69. The van der Waals surface area contributed by atoms with Gasteiger partial charge in [-0.05, 0) is 32.8 Å². The maximum Gasteiger partial charge on any atom is 0.317 e. The van der Waals surface area contributed by atoms with Crippen LogP contribution in [0.25, 0.3) is 0 Å². The molecule has 0 radical (unpaired) electrons. The van der Waals surface area contributed by atoms with E-state index in [1.165, 1.54) is 25.7 Å². The van der Waals surface area contributed by atoms with Crippen LogP contribution in [0.15, 0.2) is 12.3 Å². The van der Waals surface area contributed by atoms with Crippen LogP contribution in [0.2, 0.25) is 0 Å². The van der Waals surface area contributed by atoms with Crippen molar-refractivity contribution in [3.8, 4) is 0 Å². The second-order valence-corrected chi connectivity index (χ2v) is 5.62. The van der Waals surface area contributed by atoms with Gasteiger partial charge < -0.3 is 5.11 Å². The molecule has 5 heteroatoms. The van der Waals surface area contributed by atoms with Crippen LogP contribution in [0.4, 0.5) is 0 Å². The van der Waals surface area contributed by atoms with Crippen molar-refractivity contribution >= 4 is 5.97 Å². The van der Waals surface area contributed by atoms with E-state index in [-0.39, 0.29) is 12.6 Å². The summed E-state index contributed by atoms with van der Waals surface area (Å²) in [6.07, 6.45) is 7.03. The third-order valence-electron chi connectivity index (χ3n) is 3.80. The second kappa shape index (κ2) is 6.19. The Balaban J connectivity index is 1.98. The van der Waals surface area contributed by atoms with Crippen LogP contribution < -0.4 is 0 Å². The van der Waals surface area contributed by atoms with E-state index in [1.54, 1.807) is 0 Å². The molecule has 1 aliphatic rings. The Kier molecular flexibility index (Phi) is 4.58. The van der Waals surface area contributed by atoms with Gasteiger partial charge in [0.25, 0.3) is 0 Å². The molecule has 0 bridgehead atoms. The largest absolute Gasteiger partial charge is 0.480 e. The highest BCUT2D eigenvalue weighted by Crippen LogP contribution is 2.28. The Morgan fingerprint density at radius 3 is 2.79 bits per heavy atom. The van der Waals surface area contributed by atoms with E-state index in [9.17, 15) is 4.79 Å².